The number of ether oxygens (including phenoxy) is 1. The number of piperidine rings is 1. The van der Waals surface area contributed by atoms with Gasteiger partial charge < -0.3 is 4.74 Å². The smallest absolute Gasteiger partial charge is 0.321 e. The maximum atomic E-state index is 12.3. The fourth-order valence-electron chi connectivity index (χ4n) is 2.32. The molecule has 6 nitrogen and oxygen atoms in total. The molecule has 1 heterocycles. The molecule has 1 fully saturated rings. The zero-order chi connectivity index (χ0) is 13.9. The summed E-state index contributed by atoms with van der Waals surface area (Å²) >= 11 is 0. The van der Waals surface area contributed by atoms with Crippen LogP contribution in [0.4, 0.5) is 0 Å². The molecule has 18 heavy (non-hydrogen) atoms. The highest BCUT2D eigenvalue weighted by Gasteiger charge is 2.33. The number of hydrogen-bond acceptors (Lipinski definition) is 4. The minimum Gasteiger partial charge on any atom is -0.468 e. The zero-order valence-electron chi connectivity index (χ0n) is 11.4. The highest BCUT2D eigenvalue weighted by atomic mass is 32.2. The first-order valence-electron chi connectivity index (χ1n) is 6.05. The van der Waals surface area contributed by atoms with Gasteiger partial charge in [-0.05, 0) is 18.3 Å². The zero-order valence-corrected chi connectivity index (χ0v) is 12.2. The van der Waals surface area contributed by atoms with E-state index in [4.69, 9.17) is 0 Å². The first-order chi connectivity index (χ1) is 8.27. The Labute approximate surface area is 109 Å². The minimum absolute atomic E-state index is 0.252. The summed E-state index contributed by atoms with van der Waals surface area (Å²) in [4.78, 5) is 11.1. The van der Waals surface area contributed by atoms with Gasteiger partial charge in [-0.25, -0.2) is 0 Å². The molecule has 0 spiro atoms. The van der Waals surface area contributed by atoms with E-state index >= 15 is 0 Å². The van der Waals surface area contributed by atoms with Gasteiger partial charge in [0.25, 0.3) is 10.2 Å². The molecule has 0 saturated carbocycles. The fourth-order valence-corrected chi connectivity index (χ4v) is 3.87. The molecule has 2 unspecified atom stereocenters. The van der Waals surface area contributed by atoms with Crippen molar-refractivity contribution in [2.75, 3.05) is 33.8 Å². The van der Waals surface area contributed by atoms with E-state index in [0.717, 1.165) is 10.7 Å². The van der Waals surface area contributed by atoms with Gasteiger partial charge in [-0.1, -0.05) is 13.8 Å². The van der Waals surface area contributed by atoms with E-state index in [1.165, 1.54) is 18.5 Å². The lowest BCUT2D eigenvalue weighted by atomic mass is 9.94. The molecule has 0 N–H and O–H groups in total. The van der Waals surface area contributed by atoms with Gasteiger partial charge >= 0.3 is 5.97 Å². The van der Waals surface area contributed by atoms with Gasteiger partial charge in [-0.2, -0.15) is 17.0 Å². The molecule has 0 aromatic carbocycles. The minimum atomic E-state index is -3.57. The van der Waals surface area contributed by atoms with Crippen molar-refractivity contribution >= 4 is 16.2 Å². The first kappa shape index (κ1) is 15.4. The predicted molar refractivity (Wildman–Crippen MR) is 68.1 cm³/mol. The molecule has 7 heteroatoms. The van der Waals surface area contributed by atoms with Crippen molar-refractivity contribution in [3.63, 3.8) is 0 Å². The lowest BCUT2D eigenvalue weighted by Crippen LogP contribution is -2.49. The average molecular weight is 278 g/mol. The van der Waals surface area contributed by atoms with Crippen LogP contribution in [-0.4, -0.2) is 56.8 Å². The number of carbonyl (C=O) groups is 1. The fraction of sp³-hybridized carbons (Fsp3) is 0.909. The monoisotopic (exact) mass is 278 g/mol. The number of hydrogen-bond donors (Lipinski definition) is 0. The number of esters is 1. The quantitative estimate of drug-likeness (QED) is 0.694. The van der Waals surface area contributed by atoms with Crippen molar-refractivity contribution in [3.8, 4) is 0 Å². The van der Waals surface area contributed by atoms with E-state index < -0.39 is 16.2 Å². The average Bonchev–Trinajstić information content (AvgIpc) is 2.27. The first-order valence-corrected chi connectivity index (χ1v) is 7.45. The largest absolute Gasteiger partial charge is 0.468 e. The number of nitrogens with zero attached hydrogens (tertiary/aromatic N) is 2. The number of rotatable bonds is 4. The molecule has 2 atom stereocenters. The third kappa shape index (κ3) is 3.66. The summed E-state index contributed by atoms with van der Waals surface area (Å²) in [7, 11) is -0.924. The maximum absolute atomic E-state index is 12.3. The third-order valence-corrected chi connectivity index (χ3v) is 5.00. The highest BCUT2D eigenvalue weighted by Crippen LogP contribution is 2.24. The number of methoxy groups -OCH3 is 1. The van der Waals surface area contributed by atoms with Crippen molar-refractivity contribution in [2.45, 2.75) is 20.3 Å². The molecule has 0 radical (unpaired) electrons. The van der Waals surface area contributed by atoms with Crippen molar-refractivity contribution in [3.05, 3.63) is 0 Å². The summed E-state index contributed by atoms with van der Waals surface area (Å²) < 4.78 is 31.5. The Hall–Kier alpha value is -0.660. The Morgan fingerprint density at radius 3 is 2.28 bits per heavy atom. The molecule has 0 aromatic heterocycles. The third-order valence-electron chi connectivity index (χ3n) is 3.13. The Balaban J connectivity index is 2.76. The van der Waals surface area contributed by atoms with E-state index in [-0.39, 0.29) is 6.54 Å². The van der Waals surface area contributed by atoms with Crippen LogP contribution in [0, 0.1) is 11.8 Å². The summed E-state index contributed by atoms with van der Waals surface area (Å²) in [6.07, 6.45) is 1.03. The highest BCUT2D eigenvalue weighted by molar-refractivity contribution is 7.86. The Morgan fingerprint density at radius 2 is 1.83 bits per heavy atom. The van der Waals surface area contributed by atoms with Crippen LogP contribution in [-0.2, 0) is 19.7 Å². The summed E-state index contributed by atoms with van der Waals surface area (Å²) in [5.74, 6) is 0.129. The van der Waals surface area contributed by atoms with Crippen molar-refractivity contribution in [2.24, 2.45) is 11.8 Å². The molecular formula is C11H22N2O4S. The molecule has 0 aliphatic carbocycles. The van der Waals surface area contributed by atoms with Gasteiger partial charge in [0.2, 0.25) is 0 Å². The summed E-state index contributed by atoms with van der Waals surface area (Å²) in [6.45, 7) is 4.85. The molecule has 0 aromatic rings. The van der Waals surface area contributed by atoms with Crippen LogP contribution in [0.15, 0.2) is 0 Å². The summed E-state index contributed by atoms with van der Waals surface area (Å²) in [5, 5.41) is 0. The molecule has 1 aliphatic rings. The summed E-state index contributed by atoms with van der Waals surface area (Å²) in [5.41, 5.74) is 0. The van der Waals surface area contributed by atoms with Crippen molar-refractivity contribution < 1.29 is 17.9 Å². The van der Waals surface area contributed by atoms with Crippen LogP contribution in [0.5, 0.6) is 0 Å². The van der Waals surface area contributed by atoms with Gasteiger partial charge in [-0.15, -0.1) is 0 Å². The van der Waals surface area contributed by atoms with Crippen molar-refractivity contribution in [1.82, 2.24) is 8.61 Å². The van der Waals surface area contributed by atoms with Gasteiger partial charge in [-0.3, -0.25) is 4.79 Å². The van der Waals surface area contributed by atoms with Crippen LogP contribution in [0.1, 0.15) is 20.3 Å². The number of carbonyl (C=O) groups excluding carboxylic acids is 1. The van der Waals surface area contributed by atoms with Crippen LogP contribution >= 0.6 is 0 Å². The second-order valence-corrected chi connectivity index (χ2v) is 7.14. The Bertz CT molecular complexity index is 386. The van der Waals surface area contributed by atoms with Gasteiger partial charge in [0, 0.05) is 20.1 Å². The molecule has 1 saturated heterocycles. The lowest BCUT2D eigenvalue weighted by Gasteiger charge is -2.35. The van der Waals surface area contributed by atoms with E-state index in [1.807, 2.05) is 13.8 Å². The van der Waals surface area contributed by atoms with E-state index in [1.54, 1.807) is 0 Å². The second kappa shape index (κ2) is 5.99. The maximum Gasteiger partial charge on any atom is 0.321 e. The van der Waals surface area contributed by atoms with Crippen LogP contribution in [0.25, 0.3) is 0 Å². The van der Waals surface area contributed by atoms with E-state index in [0.29, 0.717) is 24.9 Å². The van der Waals surface area contributed by atoms with Crippen LogP contribution in [0.3, 0.4) is 0 Å². The molecule has 106 valence electrons. The molecular weight excluding hydrogens is 256 g/mol. The Morgan fingerprint density at radius 1 is 1.33 bits per heavy atom. The van der Waals surface area contributed by atoms with Crippen molar-refractivity contribution in [1.29, 1.82) is 0 Å². The SMILES string of the molecule is COC(=O)CN(C)S(=O)(=O)N1CC(C)CC(C)C1. The molecule has 1 rings (SSSR count). The Kier molecular flexibility index (Phi) is 5.12. The van der Waals surface area contributed by atoms with Crippen LogP contribution in [0.2, 0.25) is 0 Å². The lowest BCUT2D eigenvalue weighted by molar-refractivity contribution is -0.140. The second-order valence-electron chi connectivity index (χ2n) is 5.10. The van der Waals surface area contributed by atoms with Gasteiger partial charge in [0.1, 0.15) is 6.54 Å². The summed E-state index contributed by atoms with van der Waals surface area (Å²) in [6, 6.07) is 0. The topological polar surface area (TPSA) is 66.9 Å². The molecule has 0 amide bonds. The number of likely N-dealkylation sites (N-methyl/N-ethyl adjacent to an activating group) is 1. The van der Waals surface area contributed by atoms with Crippen LogP contribution < -0.4 is 0 Å². The van der Waals surface area contributed by atoms with Gasteiger partial charge in [0.15, 0.2) is 0 Å². The van der Waals surface area contributed by atoms with E-state index in [2.05, 4.69) is 4.74 Å². The normalized spacial score (nSPS) is 26.3. The van der Waals surface area contributed by atoms with Gasteiger partial charge in [0.05, 0.1) is 7.11 Å². The molecule has 1 aliphatic heterocycles. The predicted octanol–water partition coefficient (Wildman–Crippen LogP) is 0.314. The van der Waals surface area contributed by atoms with E-state index in [9.17, 15) is 13.2 Å². The molecule has 0 bridgehead atoms. The standard InChI is InChI=1S/C11H22N2O4S/c1-9-5-10(2)7-13(6-9)18(15,16)12(3)8-11(14)17-4/h9-10H,5-8H2,1-4H3.